The Morgan fingerprint density at radius 1 is 0.900 bits per heavy atom. The lowest BCUT2D eigenvalue weighted by Crippen LogP contribution is -2.38. The first-order chi connectivity index (χ1) is 9.70. The lowest BCUT2D eigenvalue weighted by Gasteiger charge is -2.27. The van der Waals surface area contributed by atoms with Crippen LogP contribution in [0.2, 0.25) is 0 Å². The molecule has 2 N–H and O–H groups in total. The van der Waals surface area contributed by atoms with Gasteiger partial charge in [-0.05, 0) is 44.9 Å². The van der Waals surface area contributed by atoms with Crippen molar-refractivity contribution in [2.45, 2.75) is 70.8 Å². The number of hydrogen-bond acceptors (Lipinski definition) is 2. The van der Waals surface area contributed by atoms with Gasteiger partial charge < -0.3 is 10.6 Å². The van der Waals surface area contributed by atoms with Crippen molar-refractivity contribution in [3.8, 4) is 0 Å². The molecule has 2 aliphatic rings. The third kappa shape index (κ3) is 4.80. The van der Waals surface area contributed by atoms with Crippen LogP contribution in [0.5, 0.6) is 0 Å². The summed E-state index contributed by atoms with van der Waals surface area (Å²) in [6.45, 7) is 2.96. The number of hydrogen-bond donors (Lipinski definition) is 2. The molecule has 2 rings (SSSR count). The molecule has 20 heavy (non-hydrogen) atoms. The summed E-state index contributed by atoms with van der Waals surface area (Å²) in [7, 11) is 0. The predicted molar refractivity (Wildman–Crippen MR) is 79.1 cm³/mol. The SMILES string of the molecule is CCCCCNC(=O)C1CCC(C(=O)NC2CC2)CC1. The molecule has 0 spiro atoms. The Kier molecular flexibility index (Phi) is 5.86. The molecule has 0 bridgehead atoms. The molecule has 0 saturated heterocycles. The normalized spacial score (nSPS) is 26.1. The molecule has 2 fully saturated rings. The third-order valence-electron chi connectivity index (χ3n) is 4.47. The van der Waals surface area contributed by atoms with E-state index in [4.69, 9.17) is 0 Å². The van der Waals surface area contributed by atoms with Gasteiger partial charge in [-0.2, -0.15) is 0 Å². The van der Waals surface area contributed by atoms with Crippen molar-refractivity contribution in [3.63, 3.8) is 0 Å². The molecule has 4 heteroatoms. The highest BCUT2D eigenvalue weighted by Gasteiger charge is 2.32. The molecule has 0 aromatic heterocycles. The minimum Gasteiger partial charge on any atom is -0.356 e. The van der Waals surface area contributed by atoms with Gasteiger partial charge in [0.25, 0.3) is 0 Å². The maximum atomic E-state index is 12.0. The monoisotopic (exact) mass is 280 g/mol. The van der Waals surface area contributed by atoms with Gasteiger partial charge in [0.15, 0.2) is 0 Å². The van der Waals surface area contributed by atoms with Crippen LogP contribution in [-0.2, 0) is 9.59 Å². The Hall–Kier alpha value is -1.06. The molecule has 0 aromatic rings. The highest BCUT2D eigenvalue weighted by molar-refractivity contribution is 5.81. The molecule has 2 saturated carbocycles. The van der Waals surface area contributed by atoms with E-state index in [1.54, 1.807) is 0 Å². The fourth-order valence-corrected chi connectivity index (χ4v) is 2.90. The summed E-state index contributed by atoms with van der Waals surface area (Å²) < 4.78 is 0. The molecule has 0 atom stereocenters. The van der Waals surface area contributed by atoms with Crippen LogP contribution in [-0.4, -0.2) is 24.4 Å². The second-order valence-corrected chi connectivity index (χ2v) is 6.33. The zero-order valence-corrected chi connectivity index (χ0v) is 12.6. The topological polar surface area (TPSA) is 58.2 Å². The van der Waals surface area contributed by atoms with Crippen molar-refractivity contribution >= 4 is 11.8 Å². The van der Waals surface area contributed by atoms with E-state index in [2.05, 4.69) is 17.6 Å². The van der Waals surface area contributed by atoms with E-state index >= 15 is 0 Å². The zero-order valence-electron chi connectivity index (χ0n) is 12.6. The average Bonchev–Trinajstić information content (AvgIpc) is 3.27. The summed E-state index contributed by atoms with van der Waals surface area (Å²) in [5, 5.41) is 6.11. The molecular formula is C16H28N2O2. The van der Waals surface area contributed by atoms with Gasteiger partial charge in [0.2, 0.25) is 11.8 Å². The fraction of sp³-hybridized carbons (Fsp3) is 0.875. The van der Waals surface area contributed by atoms with Gasteiger partial charge in [-0.15, -0.1) is 0 Å². The Morgan fingerprint density at radius 3 is 2.05 bits per heavy atom. The van der Waals surface area contributed by atoms with Gasteiger partial charge in [-0.1, -0.05) is 19.8 Å². The van der Waals surface area contributed by atoms with Crippen LogP contribution in [0.3, 0.4) is 0 Å². The number of amides is 2. The number of carbonyl (C=O) groups excluding carboxylic acids is 2. The van der Waals surface area contributed by atoms with Crippen molar-refractivity contribution in [1.82, 2.24) is 10.6 Å². The van der Waals surface area contributed by atoms with Crippen molar-refractivity contribution in [2.75, 3.05) is 6.54 Å². The molecule has 4 nitrogen and oxygen atoms in total. The Labute approximate surface area is 122 Å². The Balaban J connectivity index is 1.62. The van der Waals surface area contributed by atoms with Crippen molar-refractivity contribution < 1.29 is 9.59 Å². The summed E-state index contributed by atoms with van der Waals surface area (Å²) in [4.78, 5) is 24.0. The van der Waals surface area contributed by atoms with Gasteiger partial charge in [0.1, 0.15) is 0 Å². The van der Waals surface area contributed by atoms with E-state index in [1.807, 2.05) is 0 Å². The van der Waals surface area contributed by atoms with Crippen LogP contribution in [0, 0.1) is 11.8 Å². The lowest BCUT2D eigenvalue weighted by molar-refractivity contribution is -0.130. The first kappa shape index (κ1) is 15.3. The molecule has 2 amide bonds. The Bertz CT molecular complexity index is 331. The van der Waals surface area contributed by atoms with Crippen molar-refractivity contribution in [2.24, 2.45) is 11.8 Å². The van der Waals surface area contributed by atoms with E-state index in [9.17, 15) is 9.59 Å². The molecule has 0 aliphatic heterocycles. The minimum absolute atomic E-state index is 0.126. The van der Waals surface area contributed by atoms with Crippen LogP contribution in [0.25, 0.3) is 0 Å². The first-order valence-electron chi connectivity index (χ1n) is 8.28. The third-order valence-corrected chi connectivity index (χ3v) is 4.47. The number of rotatable bonds is 7. The van der Waals surface area contributed by atoms with Crippen LogP contribution in [0.4, 0.5) is 0 Å². The summed E-state index contributed by atoms with van der Waals surface area (Å²) in [6, 6.07) is 0.446. The van der Waals surface area contributed by atoms with Crippen molar-refractivity contribution in [1.29, 1.82) is 0 Å². The molecule has 0 radical (unpaired) electrons. The maximum absolute atomic E-state index is 12.0. The van der Waals surface area contributed by atoms with Gasteiger partial charge >= 0.3 is 0 Å². The molecule has 0 unspecified atom stereocenters. The van der Waals surface area contributed by atoms with Crippen LogP contribution < -0.4 is 10.6 Å². The lowest BCUT2D eigenvalue weighted by atomic mass is 9.81. The summed E-state index contributed by atoms with van der Waals surface area (Å²) in [5.41, 5.74) is 0. The molecular weight excluding hydrogens is 252 g/mol. The number of unbranched alkanes of at least 4 members (excludes halogenated alkanes) is 2. The van der Waals surface area contributed by atoms with Crippen molar-refractivity contribution in [3.05, 3.63) is 0 Å². The van der Waals surface area contributed by atoms with E-state index in [0.29, 0.717) is 6.04 Å². The highest BCUT2D eigenvalue weighted by Crippen LogP contribution is 2.30. The second-order valence-electron chi connectivity index (χ2n) is 6.33. The average molecular weight is 280 g/mol. The van der Waals surface area contributed by atoms with E-state index in [1.165, 1.54) is 12.8 Å². The van der Waals surface area contributed by atoms with Gasteiger partial charge in [0.05, 0.1) is 0 Å². The number of carbonyl (C=O) groups is 2. The summed E-state index contributed by atoms with van der Waals surface area (Å²) in [6.07, 6.45) is 9.16. The standard InChI is InChI=1S/C16H28N2O2/c1-2-3-4-11-17-15(19)12-5-7-13(8-6-12)16(20)18-14-9-10-14/h12-14H,2-11H2,1H3,(H,17,19)(H,18,20). The largest absolute Gasteiger partial charge is 0.356 e. The quantitative estimate of drug-likeness (QED) is 0.703. The summed E-state index contributed by atoms with van der Waals surface area (Å²) in [5.74, 6) is 0.679. The Morgan fingerprint density at radius 2 is 1.50 bits per heavy atom. The van der Waals surface area contributed by atoms with Crippen LogP contribution in [0.1, 0.15) is 64.7 Å². The van der Waals surface area contributed by atoms with Gasteiger partial charge in [-0.3, -0.25) is 9.59 Å². The minimum atomic E-state index is 0.126. The van der Waals surface area contributed by atoms with E-state index in [-0.39, 0.29) is 23.7 Å². The van der Waals surface area contributed by atoms with Crippen LogP contribution >= 0.6 is 0 Å². The summed E-state index contributed by atoms with van der Waals surface area (Å²) >= 11 is 0. The second kappa shape index (κ2) is 7.65. The van der Waals surface area contributed by atoms with E-state index in [0.717, 1.165) is 51.5 Å². The van der Waals surface area contributed by atoms with Gasteiger partial charge in [0, 0.05) is 24.4 Å². The zero-order chi connectivity index (χ0) is 14.4. The molecule has 0 heterocycles. The molecule has 0 aromatic carbocycles. The molecule has 114 valence electrons. The van der Waals surface area contributed by atoms with E-state index < -0.39 is 0 Å². The first-order valence-corrected chi connectivity index (χ1v) is 8.28. The highest BCUT2D eigenvalue weighted by atomic mass is 16.2. The fourth-order valence-electron chi connectivity index (χ4n) is 2.90. The van der Waals surface area contributed by atoms with Gasteiger partial charge in [-0.25, -0.2) is 0 Å². The maximum Gasteiger partial charge on any atom is 0.223 e. The smallest absolute Gasteiger partial charge is 0.223 e. The predicted octanol–water partition coefficient (Wildman–Crippen LogP) is 2.38. The molecule has 2 aliphatic carbocycles. The van der Waals surface area contributed by atoms with Crippen LogP contribution in [0.15, 0.2) is 0 Å². The number of nitrogens with one attached hydrogen (secondary N) is 2.